The summed E-state index contributed by atoms with van der Waals surface area (Å²) in [4.78, 5) is 29.4. The Bertz CT molecular complexity index is 1020. The summed E-state index contributed by atoms with van der Waals surface area (Å²) in [5, 5.41) is 3.81. The van der Waals surface area contributed by atoms with Crippen molar-refractivity contribution in [3.63, 3.8) is 0 Å². The molecule has 2 aromatic rings. The van der Waals surface area contributed by atoms with Crippen molar-refractivity contribution in [1.29, 1.82) is 0 Å². The summed E-state index contributed by atoms with van der Waals surface area (Å²) in [5.74, 6) is 0.767. The molecule has 0 aromatic heterocycles. The van der Waals surface area contributed by atoms with Crippen LogP contribution in [0.25, 0.3) is 6.08 Å². The Balaban J connectivity index is 1.57. The number of carbonyl (C=O) groups is 2. The number of hydrogen-bond donors (Lipinski definition) is 1. The van der Waals surface area contributed by atoms with Crippen LogP contribution in [0.1, 0.15) is 38.7 Å². The number of thioether (sulfide) groups is 1. The van der Waals surface area contributed by atoms with Crippen LogP contribution in [0.3, 0.4) is 0 Å². The van der Waals surface area contributed by atoms with Crippen molar-refractivity contribution >= 4 is 46.9 Å². The molecule has 162 valence electrons. The molecule has 1 aliphatic carbocycles. The fourth-order valence-corrected chi connectivity index (χ4v) is 5.61. The second-order valence-corrected chi connectivity index (χ2v) is 9.99. The number of benzene rings is 2. The van der Waals surface area contributed by atoms with Gasteiger partial charge in [0.1, 0.15) is 6.54 Å². The Hall–Kier alpha value is -2.24. The third kappa shape index (κ3) is 4.99. The number of para-hydroxylation sites is 1. The van der Waals surface area contributed by atoms with Crippen LogP contribution in [-0.2, 0) is 9.59 Å². The van der Waals surface area contributed by atoms with Crippen LogP contribution in [0, 0.1) is 11.8 Å². The molecule has 4 rings (SSSR count). The average Bonchev–Trinajstić information content (AvgIpc) is 2.74. The minimum Gasteiger partial charge on any atom is -0.352 e. The van der Waals surface area contributed by atoms with Crippen LogP contribution in [-0.4, -0.2) is 24.4 Å². The zero-order chi connectivity index (χ0) is 22.0. The van der Waals surface area contributed by atoms with E-state index in [1.807, 2.05) is 48.5 Å². The molecule has 0 bridgehead atoms. The van der Waals surface area contributed by atoms with Crippen molar-refractivity contribution in [1.82, 2.24) is 5.32 Å². The van der Waals surface area contributed by atoms with Gasteiger partial charge in [-0.2, -0.15) is 0 Å². The molecule has 0 radical (unpaired) electrons. The highest BCUT2D eigenvalue weighted by molar-refractivity contribution is 8.04. The molecule has 6 heteroatoms. The Labute approximate surface area is 193 Å². The average molecular weight is 455 g/mol. The molecular formula is C25H27ClN2O2S. The highest BCUT2D eigenvalue weighted by Crippen LogP contribution is 2.42. The number of hydrogen-bond acceptors (Lipinski definition) is 3. The lowest BCUT2D eigenvalue weighted by Gasteiger charge is -2.35. The Morgan fingerprint density at radius 2 is 2.00 bits per heavy atom. The summed E-state index contributed by atoms with van der Waals surface area (Å²) >= 11 is 7.54. The van der Waals surface area contributed by atoms with Gasteiger partial charge in [-0.15, -0.1) is 0 Å². The van der Waals surface area contributed by atoms with Crippen molar-refractivity contribution in [2.45, 2.75) is 44.0 Å². The molecule has 1 N–H and O–H groups in total. The minimum atomic E-state index is -0.163. The lowest BCUT2D eigenvalue weighted by Crippen LogP contribution is -2.49. The van der Waals surface area contributed by atoms with Crippen molar-refractivity contribution in [2.24, 2.45) is 11.8 Å². The van der Waals surface area contributed by atoms with E-state index in [0.717, 1.165) is 29.0 Å². The van der Waals surface area contributed by atoms with Gasteiger partial charge in [0.15, 0.2) is 0 Å². The van der Waals surface area contributed by atoms with Gasteiger partial charge in [-0.05, 0) is 54.2 Å². The number of carbonyl (C=O) groups excluding carboxylic acids is 2. The highest BCUT2D eigenvalue weighted by atomic mass is 35.5. The second-order valence-electron chi connectivity index (χ2n) is 8.47. The van der Waals surface area contributed by atoms with E-state index in [4.69, 9.17) is 11.6 Å². The van der Waals surface area contributed by atoms with Crippen molar-refractivity contribution < 1.29 is 9.59 Å². The van der Waals surface area contributed by atoms with E-state index >= 15 is 0 Å². The van der Waals surface area contributed by atoms with E-state index in [1.165, 1.54) is 18.2 Å². The van der Waals surface area contributed by atoms with Crippen molar-refractivity contribution in [3.8, 4) is 0 Å². The van der Waals surface area contributed by atoms with Crippen molar-refractivity contribution in [2.75, 3.05) is 11.4 Å². The Morgan fingerprint density at radius 3 is 2.81 bits per heavy atom. The first-order valence-electron chi connectivity index (χ1n) is 10.8. The first-order valence-corrected chi connectivity index (χ1v) is 12.0. The summed E-state index contributed by atoms with van der Waals surface area (Å²) < 4.78 is 0. The van der Waals surface area contributed by atoms with Gasteiger partial charge in [0, 0.05) is 16.0 Å². The van der Waals surface area contributed by atoms with Gasteiger partial charge >= 0.3 is 0 Å². The summed E-state index contributed by atoms with van der Waals surface area (Å²) in [6, 6.07) is 15.3. The van der Waals surface area contributed by atoms with E-state index in [2.05, 4.69) is 19.2 Å². The molecule has 2 amide bonds. The lowest BCUT2D eigenvalue weighted by atomic mass is 9.78. The summed E-state index contributed by atoms with van der Waals surface area (Å²) in [6.45, 7) is 4.47. The van der Waals surface area contributed by atoms with Gasteiger partial charge in [0.2, 0.25) is 5.91 Å². The summed E-state index contributed by atoms with van der Waals surface area (Å²) in [5.41, 5.74) is 1.64. The van der Waals surface area contributed by atoms with Crippen LogP contribution in [0.2, 0.25) is 5.02 Å². The third-order valence-corrected chi connectivity index (χ3v) is 7.65. The number of rotatable bonds is 4. The fourth-order valence-electron chi connectivity index (χ4n) is 4.35. The maximum absolute atomic E-state index is 13.3. The standard InChI is InChI=1S/C25H27ClN2O2S/c1-16-7-5-10-20(17(16)2)27-24(29)15-28-21-11-3-4-12-22(21)31-23(25(28)30)14-18-8-6-9-19(26)13-18/h3-4,6,8-9,11-14,16-17,20H,5,7,10,15H2,1-2H3,(H,27,29)/b23-14+/t16-,17-,20-/m1/s1. The normalized spacial score (nSPS) is 24.7. The van der Waals surface area contributed by atoms with E-state index in [1.54, 1.807) is 11.0 Å². The molecule has 0 saturated heterocycles. The number of fused-ring (bicyclic) bond motifs is 1. The summed E-state index contributed by atoms with van der Waals surface area (Å²) in [7, 11) is 0. The minimum absolute atomic E-state index is 0.0148. The second kappa shape index (κ2) is 9.49. The van der Waals surface area contributed by atoms with Gasteiger partial charge in [-0.25, -0.2) is 0 Å². The largest absolute Gasteiger partial charge is 0.352 e. The number of amides is 2. The van der Waals surface area contributed by atoms with E-state index in [0.29, 0.717) is 21.8 Å². The molecule has 1 fully saturated rings. The molecule has 2 aliphatic rings. The SMILES string of the molecule is C[C@@H]1[C@H](C)CCC[C@H]1NC(=O)CN1C(=O)/C(=C\c2cccc(Cl)c2)Sc2ccccc21. The number of nitrogens with zero attached hydrogens (tertiary/aromatic N) is 1. The first kappa shape index (κ1) is 22.0. The van der Waals surface area contributed by atoms with E-state index in [-0.39, 0.29) is 24.4 Å². The Kier molecular flexibility index (Phi) is 6.73. The van der Waals surface area contributed by atoms with E-state index in [9.17, 15) is 9.59 Å². The maximum Gasteiger partial charge on any atom is 0.265 e. The molecule has 3 atom stereocenters. The topological polar surface area (TPSA) is 49.4 Å². The fraction of sp³-hybridized carbons (Fsp3) is 0.360. The first-order chi connectivity index (χ1) is 14.9. The lowest BCUT2D eigenvalue weighted by molar-refractivity contribution is -0.123. The predicted molar refractivity (Wildman–Crippen MR) is 128 cm³/mol. The molecule has 0 spiro atoms. The molecule has 2 aromatic carbocycles. The molecule has 4 nitrogen and oxygen atoms in total. The van der Waals surface area contributed by atoms with Crippen LogP contribution >= 0.6 is 23.4 Å². The van der Waals surface area contributed by atoms with Crippen LogP contribution in [0.15, 0.2) is 58.3 Å². The highest BCUT2D eigenvalue weighted by Gasteiger charge is 2.32. The Morgan fingerprint density at radius 1 is 1.19 bits per heavy atom. The van der Waals surface area contributed by atoms with E-state index < -0.39 is 0 Å². The van der Waals surface area contributed by atoms with Gasteiger partial charge in [-0.1, -0.05) is 74.3 Å². The number of halogens is 1. The van der Waals surface area contributed by atoms with Gasteiger partial charge in [0.25, 0.3) is 5.91 Å². The smallest absolute Gasteiger partial charge is 0.265 e. The van der Waals surface area contributed by atoms with Crippen LogP contribution in [0.4, 0.5) is 5.69 Å². The molecular weight excluding hydrogens is 428 g/mol. The quantitative estimate of drug-likeness (QED) is 0.597. The van der Waals surface area contributed by atoms with Crippen LogP contribution < -0.4 is 10.2 Å². The molecule has 0 unspecified atom stereocenters. The van der Waals surface area contributed by atoms with Crippen LogP contribution in [0.5, 0.6) is 0 Å². The van der Waals surface area contributed by atoms with Gasteiger partial charge in [0.05, 0.1) is 10.6 Å². The third-order valence-electron chi connectivity index (χ3n) is 6.33. The number of anilines is 1. The monoisotopic (exact) mass is 454 g/mol. The predicted octanol–water partition coefficient (Wildman–Crippen LogP) is 5.76. The maximum atomic E-state index is 13.3. The summed E-state index contributed by atoms with van der Waals surface area (Å²) in [6.07, 6.45) is 5.17. The number of nitrogens with one attached hydrogen (secondary N) is 1. The van der Waals surface area contributed by atoms with Crippen molar-refractivity contribution in [3.05, 3.63) is 64.0 Å². The van der Waals surface area contributed by atoms with Gasteiger partial charge < -0.3 is 5.32 Å². The molecule has 1 aliphatic heterocycles. The zero-order valence-corrected chi connectivity index (χ0v) is 19.4. The molecule has 1 saturated carbocycles. The molecule has 1 heterocycles. The molecule has 31 heavy (non-hydrogen) atoms. The zero-order valence-electron chi connectivity index (χ0n) is 17.8. The van der Waals surface area contributed by atoms with Gasteiger partial charge in [-0.3, -0.25) is 14.5 Å².